The molecule has 0 aliphatic heterocycles. The smallest absolute Gasteiger partial charge is 0.296 e. The van der Waals surface area contributed by atoms with E-state index in [-0.39, 0.29) is 11.5 Å². The van der Waals surface area contributed by atoms with Crippen LogP contribution in [0.25, 0.3) is 0 Å². The Morgan fingerprint density at radius 3 is 2.32 bits per heavy atom. The number of hydrogen-bond donors (Lipinski definition) is 1. The van der Waals surface area contributed by atoms with Gasteiger partial charge in [-0.3, -0.25) is 4.18 Å². The minimum absolute atomic E-state index is 0.00299. The fourth-order valence-electron chi connectivity index (χ4n) is 2.20. The number of unbranched alkanes of at least 4 members (excludes halogenated alkanes) is 3. The summed E-state index contributed by atoms with van der Waals surface area (Å²) in [5, 5.41) is 10.2. The minimum Gasteiger partial charge on any atom is -0.390 e. The highest BCUT2D eigenvalue weighted by Gasteiger charge is 2.22. The Kier molecular flexibility index (Phi) is 7.53. The van der Waals surface area contributed by atoms with Crippen LogP contribution in [-0.4, -0.2) is 25.7 Å². The third-order valence-corrected chi connectivity index (χ3v) is 5.08. The van der Waals surface area contributed by atoms with Gasteiger partial charge in [0.2, 0.25) is 0 Å². The van der Waals surface area contributed by atoms with E-state index in [0.29, 0.717) is 12.8 Å². The van der Waals surface area contributed by atoms with Gasteiger partial charge in [-0.15, -0.1) is 0 Å². The lowest BCUT2D eigenvalue weighted by Gasteiger charge is -2.22. The molecule has 0 amide bonds. The van der Waals surface area contributed by atoms with Crippen LogP contribution in [0.3, 0.4) is 0 Å². The molecule has 1 aromatic rings. The van der Waals surface area contributed by atoms with Crippen LogP contribution in [-0.2, 0) is 14.3 Å². The molecule has 0 aliphatic carbocycles. The van der Waals surface area contributed by atoms with E-state index in [9.17, 15) is 13.5 Å². The summed E-state index contributed by atoms with van der Waals surface area (Å²) in [7, 11) is -3.74. The molecule has 0 aromatic heterocycles. The molecule has 5 heteroatoms. The van der Waals surface area contributed by atoms with Crippen molar-refractivity contribution in [1.29, 1.82) is 0 Å². The van der Waals surface area contributed by atoms with Crippen LogP contribution < -0.4 is 0 Å². The van der Waals surface area contributed by atoms with Crippen molar-refractivity contribution in [3.63, 3.8) is 0 Å². The summed E-state index contributed by atoms with van der Waals surface area (Å²) in [6, 6.07) is 6.54. The Morgan fingerprint density at radius 2 is 1.73 bits per heavy atom. The van der Waals surface area contributed by atoms with Gasteiger partial charge in [0.25, 0.3) is 10.1 Å². The van der Waals surface area contributed by atoms with Crippen LogP contribution >= 0.6 is 0 Å². The van der Waals surface area contributed by atoms with Gasteiger partial charge in [-0.05, 0) is 32.4 Å². The van der Waals surface area contributed by atoms with Gasteiger partial charge < -0.3 is 5.11 Å². The second-order valence-electron chi connectivity index (χ2n) is 6.15. The molecule has 0 bridgehead atoms. The van der Waals surface area contributed by atoms with Gasteiger partial charge in [0.1, 0.15) is 0 Å². The average Bonchev–Trinajstić information content (AvgIpc) is 2.44. The highest BCUT2D eigenvalue weighted by atomic mass is 32.2. The molecular weight excluding hydrogens is 300 g/mol. The van der Waals surface area contributed by atoms with Crippen molar-refractivity contribution < 1.29 is 17.7 Å². The zero-order valence-corrected chi connectivity index (χ0v) is 14.7. The zero-order chi connectivity index (χ0) is 16.6. The maximum absolute atomic E-state index is 12.0. The lowest BCUT2D eigenvalue weighted by Crippen LogP contribution is -2.26. The molecule has 0 saturated carbocycles. The average molecular weight is 328 g/mol. The van der Waals surface area contributed by atoms with E-state index in [1.165, 1.54) is 12.1 Å². The third kappa shape index (κ3) is 6.90. The third-order valence-electron chi connectivity index (χ3n) is 3.76. The number of rotatable bonds is 10. The Hall–Kier alpha value is -0.910. The summed E-state index contributed by atoms with van der Waals surface area (Å²) < 4.78 is 29.1. The molecule has 0 aliphatic rings. The topological polar surface area (TPSA) is 63.6 Å². The van der Waals surface area contributed by atoms with Crippen LogP contribution in [0.15, 0.2) is 29.2 Å². The molecule has 1 rings (SSSR count). The van der Waals surface area contributed by atoms with Gasteiger partial charge in [-0.25, -0.2) is 0 Å². The van der Waals surface area contributed by atoms with E-state index in [0.717, 1.165) is 31.2 Å². The summed E-state index contributed by atoms with van der Waals surface area (Å²) in [6.45, 7) is 5.77. The molecule has 1 atom stereocenters. The predicted octanol–water partition coefficient (Wildman–Crippen LogP) is 3.81. The Bertz CT molecular complexity index is 532. The first-order valence-corrected chi connectivity index (χ1v) is 9.36. The molecule has 0 spiro atoms. The van der Waals surface area contributed by atoms with Crippen LogP contribution in [0, 0.1) is 6.92 Å². The fourth-order valence-corrected chi connectivity index (χ4v) is 3.11. The molecule has 0 fully saturated rings. The van der Waals surface area contributed by atoms with Crippen LogP contribution in [0.4, 0.5) is 0 Å². The van der Waals surface area contributed by atoms with Crippen molar-refractivity contribution in [3.8, 4) is 0 Å². The highest BCUT2D eigenvalue weighted by molar-refractivity contribution is 7.86. The summed E-state index contributed by atoms with van der Waals surface area (Å²) in [4.78, 5) is 0.153. The standard InChI is InChI=1S/C17H28O4S/c1-4-5-6-7-12-17(3,18)13-14-21-22(19,20)16-10-8-15(2)9-11-16/h8-11,18H,4-7,12-14H2,1-3H3. The van der Waals surface area contributed by atoms with E-state index in [4.69, 9.17) is 4.18 Å². The Morgan fingerprint density at radius 1 is 1.09 bits per heavy atom. The Labute approximate surface area is 134 Å². The van der Waals surface area contributed by atoms with E-state index < -0.39 is 15.7 Å². The minimum atomic E-state index is -3.74. The summed E-state index contributed by atoms with van der Waals surface area (Å²) in [6.07, 6.45) is 5.33. The van der Waals surface area contributed by atoms with Crippen LogP contribution in [0.1, 0.15) is 57.9 Å². The molecule has 22 heavy (non-hydrogen) atoms. The van der Waals surface area contributed by atoms with Gasteiger partial charge >= 0.3 is 0 Å². The van der Waals surface area contributed by atoms with Gasteiger partial charge in [-0.2, -0.15) is 8.42 Å². The molecule has 1 unspecified atom stereocenters. The monoisotopic (exact) mass is 328 g/mol. The molecule has 0 saturated heterocycles. The highest BCUT2D eigenvalue weighted by Crippen LogP contribution is 2.20. The molecule has 4 nitrogen and oxygen atoms in total. The SMILES string of the molecule is CCCCCCC(C)(O)CCOS(=O)(=O)c1ccc(C)cc1. The molecule has 0 heterocycles. The quantitative estimate of drug-likeness (QED) is 0.524. The summed E-state index contributed by atoms with van der Waals surface area (Å²) in [5.41, 5.74) is 0.116. The summed E-state index contributed by atoms with van der Waals surface area (Å²) in [5.74, 6) is 0. The molecule has 1 N–H and O–H groups in total. The number of hydrogen-bond acceptors (Lipinski definition) is 4. The number of benzene rings is 1. The maximum atomic E-state index is 12.0. The van der Waals surface area contributed by atoms with Gasteiger partial charge in [0.05, 0.1) is 17.1 Å². The molecular formula is C17H28O4S. The molecule has 1 aromatic carbocycles. The maximum Gasteiger partial charge on any atom is 0.296 e. The second-order valence-corrected chi connectivity index (χ2v) is 7.76. The van der Waals surface area contributed by atoms with Crippen molar-refractivity contribution in [3.05, 3.63) is 29.8 Å². The first kappa shape index (κ1) is 19.1. The normalized spacial score (nSPS) is 14.7. The lowest BCUT2D eigenvalue weighted by molar-refractivity contribution is 0.0272. The van der Waals surface area contributed by atoms with Crippen LogP contribution in [0.5, 0.6) is 0 Å². The van der Waals surface area contributed by atoms with Gasteiger partial charge in [0, 0.05) is 6.42 Å². The Balaban J connectivity index is 2.43. The van der Waals surface area contributed by atoms with Crippen molar-refractivity contribution in [1.82, 2.24) is 0 Å². The van der Waals surface area contributed by atoms with Crippen LogP contribution in [0.2, 0.25) is 0 Å². The number of aliphatic hydroxyl groups is 1. The van der Waals surface area contributed by atoms with E-state index in [2.05, 4.69) is 6.92 Å². The molecule has 0 radical (unpaired) electrons. The van der Waals surface area contributed by atoms with Crippen molar-refractivity contribution >= 4 is 10.1 Å². The van der Waals surface area contributed by atoms with E-state index in [1.807, 2.05) is 6.92 Å². The van der Waals surface area contributed by atoms with Crippen molar-refractivity contribution in [2.45, 2.75) is 69.8 Å². The van der Waals surface area contributed by atoms with Crippen molar-refractivity contribution in [2.75, 3.05) is 6.61 Å². The van der Waals surface area contributed by atoms with Gasteiger partial charge in [0.15, 0.2) is 0 Å². The second kappa shape index (κ2) is 8.65. The van der Waals surface area contributed by atoms with E-state index >= 15 is 0 Å². The zero-order valence-electron chi connectivity index (χ0n) is 13.8. The first-order chi connectivity index (χ1) is 10.3. The summed E-state index contributed by atoms with van der Waals surface area (Å²) >= 11 is 0. The number of aryl methyl sites for hydroxylation is 1. The largest absolute Gasteiger partial charge is 0.390 e. The van der Waals surface area contributed by atoms with Gasteiger partial charge in [-0.1, -0.05) is 50.3 Å². The first-order valence-electron chi connectivity index (χ1n) is 7.95. The fraction of sp³-hybridized carbons (Fsp3) is 0.647. The predicted molar refractivity (Wildman–Crippen MR) is 88.3 cm³/mol. The molecule has 126 valence electrons. The van der Waals surface area contributed by atoms with E-state index in [1.54, 1.807) is 19.1 Å². The van der Waals surface area contributed by atoms with Crippen molar-refractivity contribution in [2.24, 2.45) is 0 Å². The lowest BCUT2D eigenvalue weighted by atomic mass is 9.95.